The van der Waals surface area contributed by atoms with Crippen LogP contribution in [-0.2, 0) is 0 Å². The van der Waals surface area contributed by atoms with E-state index in [1.165, 1.54) is 0 Å². The minimum atomic E-state index is -2.00. The van der Waals surface area contributed by atoms with E-state index in [1.807, 2.05) is 0 Å². The Hall–Kier alpha value is -3.72. The monoisotopic (exact) mass is 762 g/mol. The number of carboxylic acids is 6. The van der Waals surface area contributed by atoms with Gasteiger partial charge < -0.3 is 125 Å². The second kappa shape index (κ2) is 32.8. The van der Waals surface area contributed by atoms with E-state index < -0.39 is 80.4 Å². The summed E-state index contributed by atoms with van der Waals surface area (Å²) in [5.41, 5.74) is -7.12. The van der Waals surface area contributed by atoms with E-state index in [2.05, 4.69) is 18.3 Å². The molecule has 0 saturated heterocycles. The summed E-state index contributed by atoms with van der Waals surface area (Å²) >= 11 is 0. The van der Waals surface area contributed by atoms with Crippen molar-refractivity contribution in [2.24, 2.45) is 0 Å². The van der Waals surface area contributed by atoms with Crippen molar-refractivity contribution < 1.29 is 143 Å². The molecule has 0 aliphatic heterocycles. The van der Waals surface area contributed by atoms with Crippen molar-refractivity contribution in [2.75, 3.05) is 0 Å². The van der Waals surface area contributed by atoms with Gasteiger partial charge in [-0.2, -0.15) is 0 Å². The second-order valence-corrected chi connectivity index (χ2v) is 6.06. The van der Waals surface area contributed by atoms with Crippen molar-refractivity contribution in [3.63, 3.8) is 0 Å². The summed E-state index contributed by atoms with van der Waals surface area (Å²) in [4.78, 5) is 64.4. The SMILES string of the molecule is O.O.O.O.O.O.O.O.O.O.O.O.O=C([O-])c1cc2ooc2c(C(=O)[O-])c1C(=O)[O-].O=C([O-])c1cc2ooc2c(C(=O)[O-])c1C(=O)[O-].[Mg+2].[Mg+2].[Mg+2]. The van der Waals surface area contributed by atoms with Crippen molar-refractivity contribution in [1.29, 1.82) is 0 Å². The zero-order valence-electron chi connectivity index (χ0n) is 23.8. The van der Waals surface area contributed by atoms with Gasteiger partial charge in [0.15, 0.2) is 0 Å². The van der Waals surface area contributed by atoms with Gasteiger partial charge in [-0.15, -0.1) is 0 Å². The van der Waals surface area contributed by atoms with E-state index in [0.717, 1.165) is 12.1 Å². The number of benzene rings is 2. The molecule has 0 aliphatic rings. The fourth-order valence-electron chi connectivity index (χ4n) is 2.81. The maximum Gasteiger partial charge on any atom is 2.00 e. The second-order valence-electron chi connectivity index (χ2n) is 6.06. The smallest absolute Gasteiger partial charge is 0.545 e. The van der Waals surface area contributed by atoms with E-state index in [4.69, 9.17) is 0 Å². The van der Waals surface area contributed by atoms with Gasteiger partial charge in [0.2, 0.25) is 22.3 Å². The first-order valence-electron chi connectivity index (χ1n) is 8.25. The van der Waals surface area contributed by atoms with Crippen LogP contribution in [0.5, 0.6) is 0 Å². The summed E-state index contributed by atoms with van der Waals surface area (Å²) in [5.74, 6) is -11.6. The summed E-state index contributed by atoms with van der Waals surface area (Å²) in [5, 5.41) is 64.4. The standard InChI is InChI=1S/2C9H4O8.3Mg.12H2O/c2*10-7(11)2-1-3-6(17-16-3)5(9(14)15)4(2)8(12)13;;;;;;;;;;;;;;;/h2*1H,(H,10,11)(H,12,13)(H,14,15);;;;12*1H2/q;;3*+2;;;;;;;;;;;;/p-6. The molecule has 0 radical (unpaired) electrons. The molecule has 28 nitrogen and oxygen atoms in total. The molecular weight excluding hydrogens is 737 g/mol. The Morgan fingerprint density at radius 1 is 0.347 bits per heavy atom. The first-order chi connectivity index (χ1) is 15.9. The molecule has 0 aliphatic carbocycles. The van der Waals surface area contributed by atoms with Crippen molar-refractivity contribution in [3.8, 4) is 0 Å². The van der Waals surface area contributed by atoms with Gasteiger partial charge in [-0.3, -0.25) is 18.3 Å². The molecule has 31 heteroatoms. The number of aromatic carboxylic acids is 6. The Kier molecular flexibility index (Phi) is 57.0. The van der Waals surface area contributed by atoms with Gasteiger partial charge in [0, 0.05) is 22.3 Å². The van der Waals surface area contributed by atoms with Crippen LogP contribution in [0.1, 0.15) is 62.1 Å². The number of carbonyl (C=O) groups is 6. The van der Waals surface area contributed by atoms with Crippen molar-refractivity contribution in [1.82, 2.24) is 0 Å². The van der Waals surface area contributed by atoms with Crippen LogP contribution in [0.15, 0.2) is 30.4 Å². The molecule has 0 saturated carbocycles. The first kappa shape index (κ1) is 85.2. The first-order valence-corrected chi connectivity index (χ1v) is 8.25. The molecular formula is C18H26Mg3O28. The van der Waals surface area contributed by atoms with E-state index in [0.29, 0.717) is 0 Å². The number of carbonyl (C=O) groups excluding carboxylic acids is 6. The summed E-state index contributed by atoms with van der Waals surface area (Å²) in [7, 11) is 0. The number of hydrogen-bond donors (Lipinski definition) is 0. The molecule has 272 valence electrons. The quantitative estimate of drug-likeness (QED) is 0.130. The van der Waals surface area contributed by atoms with Gasteiger partial charge in [0.25, 0.3) is 0 Å². The van der Waals surface area contributed by atoms with Crippen LogP contribution in [0.2, 0.25) is 0 Å². The third kappa shape index (κ3) is 16.0. The fourth-order valence-corrected chi connectivity index (χ4v) is 2.81. The summed E-state index contributed by atoms with van der Waals surface area (Å²) in [6.07, 6.45) is 0. The molecule has 4 aromatic rings. The normalized spacial score (nSPS) is 7.35. The van der Waals surface area contributed by atoms with Crippen LogP contribution in [0.3, 0.4) is 0 Å². The largest absolute Gasteiger partial charge is 2.00 e. The zero-order chi connectivity index (χ0) is 25.5. The molecule has 0 fully saturated rings. The topological polar surface area (TPSA) is 671 Å². The Morgan fingerprint density at radius 3 is 0.673 bits per heavy atom. The van der Waals surface area contributed by atoms with Gasteiger partial charge >= 0.3 is 69.2 Å². The summed E-state index contributed by atoms with van der Waals surface area (Å²) < 4.78 is 17.1. The van der Waals surface area contributed by atoms with Gasteiger partial charge in [-0.1, -0.05) is 0 Å². The van der Waals surface area contributed by atoms with Gasteiger partial charge in [0.05, 0.1) is 46.9 Å². The maximum atomic E-state index is 10.8. The minimum Gasteiger partial charge on any atom is -0.545 e. The Morgan fingerprint density at radius 2 is 0.551 bits per heavy atom. The Balaban J connectivity index is -0.0000000368. The number of hydrogen-bond acceptors (Lipinski definition) is 16. The molecule has 2 heterocycles. The van der Waals surface area contributed by atoms with Gasteiger partial charge in [0.1, 0.15) is 0 Å². The predicted molar refractivity (Wildman–Crippen MR) is 144 cm³/mol. The Bertz CT molecular complexity index is 1430. The van der Waals surface area contributed by atoms with E-state index >= 15 is 0 Å². The minimum absolute atomic E-state index is 0. The number of fused-ring (bicyclic) bond motifs is 2. The zero-order valence-corrected chi connectivity index (χ0v) is 28.1. The van der Waals surface area contributed by atoms with Crippen LogP contribution in [0.25, 0.3) is 22.3 Å². The summed E-state index contributed by atoms with van der Waals surface area (Å²) in [6, 6.07) is 1.54. The molecule has 49 heavy (non-hydrogen) atoms. The molecule has 0 atom stereocenters. The van der Waals surface area contributed by atoms with Crippen LogP contribution in [-0.4, -0.2) is 171 Å². The van der Waals surface area contributed by atoms with E-state index in [9.17, 15) is 59.4 Å². The van der Waals surface area contributed by atoms with Crippen LogP contribution < -0.4 is 30.6 Å². The van der Waals surface area contributed by atoms with Gasteiger partial charge in [-0.25, -0.2) is 0 Å². The Labute approximate surface area is 314 Å². The third-order valence-electron chi connectivity index (χ3n) is 4.18. The fraction of sp³-hybridized carbons (Fsp3) is 0. The van der Waals surface area contributed by atoms with Crippen LogP contribution in [0.4, 0.5) is 0 Å². The van der Waals surface area contributed by atoms with Crippen molar-refractivity contribution >= 4 is 127 Å². The van der Waals surface area contributed by atoms with Gasteiger partial charge in [-0.05, 0) is 12.1 Å². The summed E-state index contributed by atoms with van der Waals surface area (Å²) in [6.45, 7) is 0. The van der Waals surface area contributed by atoms with Crippen LogP contribution >= 0.6 is 0 Å². The average Bonchev–Trinajstić information content (AvgIpc) is 2.67. The number of rotatable bonds is 6. The molecule has 4 rings (SSSR count). The molecule has 24 N–H and O–H groups in total. The van der Waals surface area contributed by atoms with E-state index in [1.54, 1.807) is 0 Å². The molecule has 0 spiro atoms. The van der Waals surface area contributed by atoms with E-state index in [-0.39, 0.29) is 146 Å². The van der Waals surface area contributed by atoms with Crippen molar-refractivity contribution in [2.45, 2.75) is 0 Å². The molecule has 0 bridgehead atoms. The predicted octanol–water partition coefficient (Wildman–Crippen LogP) is -16.8. The maximum absolute atomic E-state index is 10.8. The molecule has 0 unspecified atom stereocenters. The molecule has 0 amide bonds. The van der Waals surface area contributed by atoms with Crippen LogP contribution in [0, 0.1) is 0 Å². The third-order valence-corrected chi connectivity index (χ3v) is 4.18. The molecule has 2 aromatic heterocycles. The number of carboxylic acid groups (broad SMARTS) is 6. The average molecular weight is 763 g/mol. The molecule has 2 aromatic carbocycles. The van der Waals surface area contributed by atoms with Crippen molar-refractivity contribution in [3.05, 3.63) is 45.5 Å².